The van der Waals surface area contributed by atoms with Crippen LogP contribution in [-0.2, 0) is 6.54 Å². The van der Waals surface area contributed by atoms with Crippen molar-refractivity contribution in [3.8, 4) is 10.6 Å². The van der Waals surface area contributed by atoms with Gasteiger partial charge < -0.3 is 5.32 Å². The van der Waals surface area contributed by atoms with Gasteiger partial charge in [-0.25, -0.2) is 0 Å². The number of H-pyrrole nitrogens is 1. The van der Waals surface area contributed by atoms with Crippen LogP contribution in [0.1, 0.15) is 31.7 Å². The molecule has 5 heteroatoms. The van der Waals surface area contributed by atoms with Crippen LogP contribution < -0.4 is 5.32 Å². The fourth-order valence-electron chi connectivity index (χ4n) is 2.89. The standard InChI is InChI=1S/C15H21N3S2/c1-2-19-13-6-3-5-12(13)16-9-11-10-17-18-15(11)14-7-4-8-20-14/h4,7-8,10,12-13,16H,2-3,5-6,9H2,1H3,(H,17,18). The van der Waals surface area contributed by atoms with Crippen LogP contribution in [0.4, 0.5) is 0 Å². The van der Waals surface area contributed by atoms with E-state index in [2.05, 4.69) is 51.7 Å². The molecule has 1 fully saturated rings. The molecule has 1 aliphatic rings. The minimum Gasteiger partial charge on any atom is -0.309 e. The molecule has 2 N–H and O–H groups in total. The predicted octanol–water partition coefficient (Wildman–Crippen LogP) is 3.90. The molecule has 1 aliphatic carbocycles. The SMILES string of the molecule is CCSC1CCCC1NCc1cn[nH]c1-c1cccs1. The number of aromatic amines is 1. The van der Waals surface area contributed by atoms with Gasteiger partial charge in [-0.1, -0.05) is 19.4 Å². The van der Waals surface area contributed by atoms with Crippen LogP contribution in [0.15, 0.2) is 23.7 Å². The van der Waals surface area contributed by atoms with E-state index in [0.29, 0.717) is 6.04 Å². The Labute approximate surface area is 128 Å². The lowest BCUT2D eigenvalue weighted by Crippen LogP contribution is -2.33. The average molecular weight is 307 g/mol. The van der Waals surface area contributed by atoms with Gasteiger partial charge in [0.05, 0.1) is 16.8 Å². The van der Waals surface area contributed by atoms with Crippen molar-refractivity contribution in [1.82, 2.24) is 15.5 Å². The highest BCUT2D eigenvalue weighted by Crippen LogP contribution is 2.31. The van der Waals surface area contributed by atoms with Gasteiger partial charge in [0, 0.05) is 23.4 Å². The van der Waals surface area contributed by atoms with Crippen LogP contribution in [0.5, 0.6) is 0 Å². The molecule has 0 bridgehead atoms. The largest absolute Gasteiger partial charge is 0.309 e. The first kappa shape index (κ1) is 14.2. The Hall–Kier alpha value is -0.780. The first-order valence-corrected chi connectivity index (χ1v) is 9.22. The second-order valence-corrected chi connectivity index (χ2v) is 7.62. The summed E-state index contributed by atoms with van der Waals surface area (Å²) in [7, 11) is 0. The maximum atomic E-state index is 4.22. The van der Waals surface area contributed by atoms with Gasteiger partial charge in [0.25, 0.3) is 0 Å². The Morgan fingerprint density at radius 2 is 2.45 bits per heavy atom. The third-order valence-corrected chi connectivity index (χ3v) is 6.09. The van der Waals surface area contributed by atoms with Crippen molar-refractivity contribution in [2.45, 2.75) is 44.0 Å². The Kier molecular flexibility index (Phi) is 4.81. The molecule has 108 valence electrons. The van der Waals surface area contributed by atoms with Gasteiger partial charge in [-0.3, -0.25) is 5.10 Å². The second kappa shape index (κ2) is 6.78. The molecule has 0 saturated heterocycles. The number of hydrogen-bond acceptors (Lipinski definition) is 4. The molecule has 0 aromatic carbocycles. The molecule has 2 aromatic rings. The zero-order chi connectivity index (χ0) is 13.8. The summed E-state index contributed by atoms with van der Waals surface area (Å²) >= 11 is 3.86. The Morgan fingerprint density at radius 3 is 3.25 bits per heavy atom. The molecule has 2 aromatic heterocycles. The number of thiophene rings is 1. The highest BCUT2D eigenvalue weighted by molar-refractivity contribution is 7.99. The van der Waals surface area contributed by atoms with Crippen molar-refractivity contribution >= 4 is 23.1 Å². The van der Waals surface area contributed by atoms with Gasteiger partial charge in [0.15, 0.2) is 0 Å². The van der Waals surface area contributed by atoms with Crippen molar-refractivity contribution in [3.05, 3.63) is 29.3 Å². The fraction of sp³-hybridized carbons (Fsp3) is 0.533. The van der Waals surface area contributed by atoms with Crippen molar-refractivity contribution in [2.24, 2.45) is 0 Å². The highest BCUT2D eigenvalue weighted by Gasteiger charge is 2.26. The lowest BCUT2D eigenvalue weighted by Gasteiger charge is -2.20. The molecular weight excluding hydrogens is 286 g/mol. The topological polar surface area (TPSA) is 40.7 Å². The Bertz CT molecular complexity index is 521. The molecule has 3 nitrogen and oxygen atoms in total. The van der Waals surface area contributed by atoms with E-state index in [-0.39, 0.29) is 0 Å². The molecule has 20 heavy (non-hydrogen) atoms. The van der Waals surface area contributed by atoms with E-state index in [1.165, 1.54) is 41.1 Å². The number of nitrogens with zero attached hydrogens (tertiary/aromatic N) is 1. The summed E-state index contributed by atoms with van der Waals surface area (Å²) in [6.45, 7) is 3.17. The van der Waals surface area contributed by atoms with Crippen LogP contribution in [0.25, 0.3) is 10.6 Å². The van der Waals surface area contributed by atoms with E-state index in [1.54, 1.807) is 11.3 Å². The van der Waals surface area contributed by atoms with E-state index in [4.69, 9.17) is 0 Å². The van der Waals surface area contributed by atoms with Crippen LogP contribution >= 0.6 is 23.1 Å². The molecule has 0 radical (unpaired) electrons. The van der Waals surface area contributed by atoms with Crippen molar-refractivity contribution < 1.29 is 0 Å². The van der Waals surface area contributed by atoms with Crippen molar-refractivity contribution in [1.29, 1.82) is 0 Å². The normalized spacial score (nSPS) is 22.4. The summed E-state index contributed by atoms with van der Waals surface area (Å²) in [5.74, 6) is 1.22. The van der Waals surface area contributed by atoms with Crippen LogP contribution in [-0.4, -0.2) is 27.2 Å². The lowest BCUT2D eigenvalue weighted by molar-refractivity contribution is 0.532. The number of thioether (sulfide) groups is 1. The van der Waals surface area contributed by atoms with E-state index >= 15 is 0 Å². The number of rotatable bonds is 6. The first-order valence-electron chi connectivity index (χ1n) is 7.29. The molecule has 0 aliphatic heterocycles. The average Bonchev–Trinajstić information content (AvgIpc) is 3.18. The van der Waals surface area contributed by atoms with Crippen LogP contribution in [0.3, 0.4) is 0 Å². The van der Waals surface area contributed by atoms with Gasteiger partial charge in [-0.05, 0) is 30.0 Å². The van der Waals surface area contributed by atoms with Crippen LogP contribution in [0, 0.1) is 0 Å². The van der Waals surface area contributed by atoms with Crippen LogP contribution in [0.2, 0.25) is 0 Å². The van der Waals surface area contributed by atoms with E-state index in [0.717, 1.165) is 11.8 Å². The Balaban J connectivity index is 1.63. The monoisotopic (exact) mass is 307 g/mol. The van der Waals surface area contributed by atoms with E-state index in [9.17, 15) is 0 Å². The van der Waals surface area contributed by atoms with Gasteiger partial charge in [-0.15, -0.1) is 11.3 Å². The lowest BCUT2D eigenvalue weighted by atomic mass is 10.2. The summed E-state index contributed by atoms with van der Waals surface area (Å²) in [5, 5.41) is 14.0. The third-order valence-electron chi connectivity index (χ3n) is 3.87. The maximum Gasteiger partial charge on any atom is 0.0794 e. The highest BCUT2D eigenvalue weighted by atomic mass is 32.2. The summed E-state index contributed by atoms with van der Waals surface area (Å²) in [6.07, 6.45) is 5.99. The minimum absolute atomic E-state index is 0.658. The third kappa shape index (κ3) is 3.10. The molecule has 2 heterocycles. The first-order chi connectivity index (χ1) is 9.88. The van der Waals surface area contributed by atoms with Gasteiger partial charge in [0.1, 0.15) is 0 Å². The summed E-state index contributed by atoms with van der Waals surface area (Å²) < 4.78 is 0. The molecular formula is C15H21N3S2. The molecule has 0 amide bonds. The second-order valence-electron chi connectivity index (χ2n) is 5.16. The van der Waals surface area contributed by atoms with Crippen molar-refractivity contribution in [2.75, 3.05) is 5.75 Å². The molecule has 2 unspecified atom stereocenters. The number of hydrogen-bond donors (Lipinski definition) is 2. The quantitative estimate of drug-likeness (QED) is 0.850. The zero-order valence-corrected chi connectivity index (χ0v) is 13.4. The molecule has 2 atom stereocenters. The van der Waals surface area contributed by atoms with E-state index < -0.39 is 0 Å². The predicted molar refractivity (Wildman–Crippen MR) is 88.3 cm³/mol. The molecule has 3 rings (SSSR count). The van der Waals surface area contributed by atoms with Gasteiger partial charge in [0.2, 0.25) is 0 Å². The van der Waals surface area contributed by atoms with E-state index in [1.807, 2.05) is 6.20 Å². The minimum atomic E-state index is 0.658. The summed E-state index contributed by atoms with van der Waals surface area (Å²) in [5.41, 5.74) is 2.45. The molecule has 1 saturated carbocycles. The maximum absolute atomic E-state index is 4.22. The van der Waals surface area contributed by atoms with Crippen molar-refractivity contribution in [3.63, 3.8) is 0 Å². The smallest absolute Gasteiger partial charge is 0.0794 e. The summed E-state index contributed by atoms with van der Waals surface area (Å²) in [6, 6.07) is 4.89. The fourth-order valence-corrected chi connectivity index (χ4v) is 4.87. The summed E-state index contributed by atoms with van der Waals surface area (Å²) in [4.78, 5) is 1.27. The van der Waals surface area contributed by atoms with Gasteiger partial charge in [-0.2, -0.15) is 16.9 Å². The Morgan fingerprint density at radius 1 is 1.50 bits per heavy atom. The molecule has 0 spiro atoms. The number of aromatic nitrogens is 2. The zero-order valence-electron chi connectivity index (χ0n) is 11.8. The number of nitrogens with one attached hydrogen (secondary N) is 2. The van der Waals surface area contributed by atoms with Gasteiger partial charge >= 0.3 is 0 Å².